The number of aromatic nitrogens is 2. The van der Waals surface area contributed by atoms with Crippen LogP contribution in [0, 0.1) is 5.82 Å². The summed E-state index contributed by atoms with van der Waals surface area (Å²) in [6.45, 7) is 5.77. The predicted molar refractivity (Wildman–Crippen MR) is 101 cm³/mol. The Balaban J connectivity index is 1.97. The van der Waals surface area contributed by atoms with E-state index in [4.69, 9.17) is 0 Å². The van der Waals surface area contributed by atoms with Crippen LogP contribution in [0.5, 0.6) is 0 Å². The summed E-state index contributed by atoms with van der Waals surface area (Å²) in [6, 6.07) is 6.19. The molecule has 1 amide bonds. The number of amides is 1. The van der Waals surface area contributed by atoms with E-state index in [0.29, 0.717) is 17.2 Å². The van der Waals surface area contributed by atoms with Crippen LogP contribution in [0.25, 0.3) is 11.4 Å². The van der Waals surface area contributed by atoms with Crippen LogP contribution in [-0.4, -0.2) is 35.0 Å². The van der Waals surface area contributed by atoms with Crippen molar-refractivity contribution < 1.29 is 9.18 Å². The van der Waals surface area contributed by atoms with Gasteiger partial charge in [-0.15, -0.1) is 0 Å². The maximum atomic E-state index is 13.2. The van der Waals surface area contributed by atoms with Crippen molar-refractivity contribution in [2.24, 2.45) is 0 Å². The summed E-state index contributed by atoms with van der Waals surface area (Å²) >= 11 is 0. The van der Waals surface area contributed by atoms with E-state index in [1.54, 1.807) is 18.3 Å². The van der Waals surface area contributed by atoms with Crippen molar-refractivity contribution >= 4 is 11.7 Å². The molecule has 1 saturated heterocycles. The second-order valence-corrected chi connectivity index (χ2v) is 6.77. The van der Waals surface area contributed by atoms with Crippen molar-refractivity contribution in [2.45, 2.75) is 45.6 Å². The number of nitrogens with one attached hydrogen (secondary N) is 1. The Kier molecular flexibility index (Phi) is 5.81. The van der Waals surface area contributed by atoms with Crippen molar-refractivity contribution in [1.82, 2.24) is 15.3 Å². The topological polar surface area (TPSA) is 58.1 Å². The van der Waals surface area contributed by atoms with E-state index in [0.717, 1.165) is 37.9 Å². The van der Waals surface area contributed by atoms with Crippen LogP contribution >= 0.6 is 0 Å². The van der Waals surface area contributed by atoms with E-state index in [-0.39, 0.29) is 17.8 Å². The van der Waals surface area contributed by atoms with Crippen LogP contribution in [0.15, 0.2) is 30.5 Å². The minimum absolute atomic E-state index is 0.0912. The minimum Gasteiger partial charge on any atom is -0.356 e. The average molecular weight is 356 g/mol. The average Bonchev–Trinajstić information content (AvgIpc) is 2.68. The van der Waals surface area contributed by atoms with Crippen molar-refractivity contribution in [3.8, 4) is 11.4 Å². The minimum atomic E-state index is -0.297. The molecule has 6 heteroatoms. The summed E-state index contributed by atoms with van der Waals surface area (Å²) in [5.41, 5.74) is 1.23. The standard InChI is InChI=1S/C20H25FN4O/c1-3-14(2)23-20(26)17-13-22-18(15-7-9-16(21)10-8-15)24-19(17)25-11-5-4-6-12-25/h7-10,13-14H,3-6,11-12H2,1-2H3,(H,23,26)/t14-/m1/s1. The third-order valence-corrected chi connectivity index (χ3v) is 4.76. The molecule has 5 nitrogen and oxygen atoms in total. The Morgan fingerprint density at radius 2 is 1.92 bits per heavy atom. The van der Waals surface area contributed by atoms with Gasteiger partial charge in [-0.1, -0.05) is 6.92 Å². The summed E-state index contributed by atoms with van der Waals surface area (Å²) in [4.78, 5) is 23.9. The number of carbonyl (C=O) groups is 1. The molecular formula is C20H25FN4O. The molecule has 1 aromatic carbocycles. The number of halogens is 1. The van der Waals surface area contributed by atoms with Gasteiger partial charge in [0.1, 0.15) is 17.2 Å². The molecule has 0 bridgehead atoms. The molecule has 1 aromatic heterocycles. The van der Waals surface area contributed by atoms with Gasteiger partial charge in [0.25, 0.3) is 5.91 Å². The van der Waals surface area contributed by atoms with Gasteiger partial charge in [-0.3, -0.25) is 4.79 Å². The molecule has 1 fully saturated rings. The molecule has 138 valence electrons. The van der Waals surface area contributed by atoms with Gasteiger partial charge in [-0.25, -0.2) is 14.4 Å². The largest absolute Gasteiger partial charge is 0.356 e. The van der Waals surface area contributed by atoms with E-state index in [1.807, 2.05) is 13.8 Å². The Labute approximate surface area is 153 Å². The number of carbonyl (C=O) groups excluding carboxylic acids is 1. The summed E-state index contributed by atoms with van der Waals surface area (Å²) in [6.07, 6.45) is 5.82. The number of benzene rings is 1. The molecule has 0 radical (unpaired) electrons. The first-order chi connectivity index (χ1) is 12.6. The molecule has 1 aliphatic rings. The monoisotopic (exact) mass is 356 g/mol. The van der Waals surface area contributed by atoms with E-state index in [2.05, 4.69) is 20.2 Å². The van der Waals surface area contributed by atoms with Crippen molar-refractivity contribution in [2.75, 3.05) is 18.0 Å². The van der Waals surface area contributed by atoms with Gasteiger partial charge in [0.2, 0.25) is 0 Å². The molecule has 1 N–H and O–H groups in total. The number of hydrogen-bond donors (Lipinski definition) is 1. The Hall–Kier alpha value is -2.50. The highest BCUT2D eigenvalue weighted by Crippen LogP contribution is 2.25. The van der Waals surface area contributed by atoms with Crippen LogP contribution in [-0.2, 0) is 0 Å². The van der Waals surface area contributed by atoms with Gasteiger partial charge in [-0.2, -0.15) is 0 Å². The van der Waals surface area contributed by atoms with Crippen LogP contribution in [0.3, 0.4) is 0 Å². The summed E-state index contributed by atoms with van der Waals surface area (Å²) in [7, 11) is 0. The molecule has 2 heterocycles. The smallest absolute Gasteiger partial charge is 0.256 e. The highest BCUT2D eigenvalue weighted by atomic mass is 19.1. The molecule has 26 heavy (non-hydrogen) atoms. The van der Waals surface area contributed by atoms with Gasteiger partial charge in [0.05, 0.1) is 0 Å². The summed E-state index contributed by atoms with van der Waals surface area (Å²) < 4.78 is 13.2. The molecule has 1 atom stereocenters. The maximum absolute atomic E-state index is 13.2. The van der Waals surface area contributed by atoms with Gasteiger partial charge < -0.3 is 10.2 Å². The van der Waals surface area contributed by atoms with Crippen LogP contribution in [0.1, 0.15) is 49.9 Å². The highest BCUT2D eigenvalue weighted by Gasteiger charge is 2.22. The third kappa shape index (κ3) is 4.18. The zero-order chi connectivity index (χ0) is 18.5. The Morgan fingerprint density at radius 1 is 1.23 bits per heavy atom. The highest BCUT2D eigenvalue weighted by molar-refractivity contribution is 5.99. The quantitative estimate of drug-likeness (QED) is 0.885. The molecule has 0 aliphatic carbocycles. The lowest BCUT2D eigenvalue weighted by atomic mass is 10.1. The van der Waals surface area contributed by atoms with E-state index in [1.165, 1.54) is 18.6 Å². The fourth-order valence-corrected chi connectivity index (χ4v) is 3.02. The lowest BCUT2D eigenvalue weighted by Crippen LogP contribution is -2.36. The second kappa shape index (κ2) is 8.25. The predicted octanol–water partition coefficient (Wildman–Crippen LogP) is 3.80. The Morgan fingerprint density at radius 3 is 2.58 bits per heavy atom. The first kappa shape index (κ1) is 18.3. The zero-order valence-corrected chi connectivity index (χ0v) is 15.3. The van der Waals surface area contributed by atoms with Crippen molar-refractivity contribution in [3.63, 3.8) is 0 Å². The number of hydrogen-bond acceptors (Lipinski definition) is 4. The van der Waals surface area contributed by atoms with Gasteiger partial charge >= 0.3 is 0 Å². The fourth-order valence-electron chi connectivity index (χ4n) is 3.02. The number of rotatable bonds is 5. The van der Waals surface area contributed by atoms with Crippen molar-refractivity contribution in [3.05, 3.63) is 41.8 Å². The van der Waals surface area contributed by atoms with Crippen LogP contribution in [0.2, 0.25) is 0 Å². The SMILES string of the molecule is CC[C@@H](C)NC(=O)c1cnc(-c2ccc(F)cc2)nc1N1CCCCC1. The van der Waals surface area contributed by atoms with E-state index in [9.17, 15) is 9.18 Å². The lowest BCUT2D eigenvalue weighted by molar-refractivity contribution is 0.0939. The normalized spacial score (nSPS) is 15.6. The van der Waals surface area contributed by atoms with Gasteiger partial charge in [0, 0.05) is 30.9 Å². The van der Waals surface area contributed by atoms with Gasteiger partial charge in [-0.05, 0) is 56.9 Å². The van der Waals surface area contributed by atoms with Crippen LogP contribution in [0.4, 0.5) is 10.2 Å². The Bertz CT molecular complexity index is 757. The summed E-state index contributed by atoms with van der Waals surface area (Å²) in [5.74, 6) is 0.727. The van der Waals surface area contributed by atoms with Crippen molar-refractivity contribution in [1.29, 1.82) is 0 Å². The molecule has 0 unspecified atom stereocenters. The third-order valence-electron chi connectivity index (χ3n) is 4.76. The molecular weight excluding hydrogens is 331 g/mol. The lowest BCUT2D eigenvalue weighted by Gasteiger charge is -2.29. The number of nitrogens with zero attached hydrogens (tertiary/aromatic N) is 3. The maximum Gasteiger partial charge on any atom is 0.256 e. The van der Waals surface area contributed by atoms with Gasteiger partial charge in [0.15, 0.2) is 5.82 Å². The first-order valence-electron chi connectivity index (χ1n) is 9.27. The van der Waals surface area contributed by atoms with E-state index >= 15 is 0 Å². The summed E-state index contributed by atoms with van der Waals surface area (Å²) in [5, 5.41) is 3.00. The molecule has 2 aromatic rings. The molecule has 0 saturated carbocycles. The zero-order valence-electron chi connectivity index (χ0n) is 15.3. The molecule has 0 spiro atoms. The second-order valence-electron chi connectivity index (χ2n) is 6.77. The van der Waals surface area contributed by atoms with E-state index < -0.39 is 0 Å². The number of anilines is 1. The molecule has 3 rings (SSSR count). The fraction of sp³-hybridized carbons (Fsp3) is 0.450. The number of piperidine rings is 1. The first-order valence-corrected chi connectivity index (χ1v) is 9.27. The van der Waals surface area contributed by atoms with Crippen LogP contribution < -0.4 is 10.2 Å². The molecule has 1 aliphatic heterocycles.